The molecule has 2 aromatic rings. The molecule has 5 nitrogen and oxygen atoms in total. The average Bonchev–Trinajstić information content (AvgIpc) is 3.18. The molecule has 0 spiro atoms. The Morgan fingerprint density at radius 3 is 2.53 bits per heavy atom. The van der Waals surface area contributed by atoms with E-state index in [0.717, 1.165) is 37.6 Å². The van der Waals surface area contributed by atoms with E-state index in [-0.39, 0.29) is 23.7 Å². The normalized spacial score (nSPS) is 30.2. The van der Waals surface area contributed by atoms with Crippen molar-refractivity contribution in [2.24, 2.45) is 5.92 Å². The standard InChI is InChI=1S/C22H23F3N4O/c23-22(24,25)17-5-1-2-6-18(17)27-21(30)29-13-16(15-4-3-9-26-12-15)20-19(29)14-7-10-28(20)11-8-14/h1-6,9,12,14,16,19-20H,7-8,10-11,13H2,(H,27,30). The van der Waals surface area contributed by atoms with Crippen LogP contribution >= 0.6 is 0 Å². The first-order valence-corrected chi connectivity index (χ1v) is 10.3. The molecule has 2 bridgehead atoms. The molecule has 0 saturated carbocycles. The minimum atomic E-state index is -4.52. The highest BCUT2D eigenvalue weighted by Gasteiger charge is 2.54. The van der Waals surface area contributed by atoms with Gasteiger partial charge in [-0.25, -0.2) is 4.79 Å². The number of carbonyl (C=O) groups is 1. The molecule has 30 heavy (non-hydrogen) atoms. The fourth-order valence-corrected chi connectivity index (χ4v) is 5.57. The zero-order chi connectivity index (χ0) is 20.9. The van der Waals surface area contributed by atoms with Crippen LogP contribution in [0.25, 0.3) is 0 Å². The molecule has 2 amide bonds. The van der Waals surface area contributed by atoms with E-state index in [2.05, 4.69) is 15.2 Å². The van der Waals surface area contributed by atoms with Crippen LogP contribution in [0.5, 0.6) is 0 Å². The van der Waals surface area contributed by atoms with E-state index < -0.39 is 17.8 Å². The number of para-hydroxylation sites is 1. The Morgan fingerprint density at radius 1 is 1.07 bits per heavy atom. The Balaban J connectivity index is 1.45. The molecule has 4 aliphatic heterocycles. The van der Waals surface area contributed by atoms with Crippen molar-refractivity contribution in [3.63, 3.8) is 0 Å². The maximum absolute atomic E-state index is 13.4. The van der Waals surface area contributed by atoms with E-state index in [1.165, 1.54) is 18.2 Å². The predicted octanol–water partition coefficient (Wildman–Crippen LogP) is 4.19. The summed E-state index contributed by atoms with van der Waals surface area (Å²) in [5, 5.41) is 2.56. The number of nitrogens with zero attached hydrogens (tertiary/aromatic N) is 3. The molecule has 1 aromatic carbocycles. The quantitative estimate of drug-likeness (QED) is 0.799. The van der Waals surface area contributed by atoms with Gasteiger partial charge in [-0.3, -0.25) is 9.88 Å². The number of rotatable bonds is 2. The third-order valence-electron chi connectivity index (χ3n) is 6.84. The number of pyridine rings is 1. The number of likely N-dealkylation sites (tertiary alicyclic amines) is 1. The van der Waals surface area contributed by atoms with Crippen molar-refractivity contribution in [3.05, 3.63) is 59.9 Å². The van der Waals surface area contributed by atoms with E-state index in [1.54, 1.807) is 11.1 Å². The van der Waals surface area contributed by atoms with Crippen LogP contribution in [0.4, 0.5) is 23.7 Å². The van der Waals surface area contributed by atoms with Crippen molar-refractivity contribution in [1.82, 2.24) is 14.8 Å². The summed E-state index contributed by atoms with van der Waals surface area (Å²) in [5.74, 6) is 0.487. The summed E-state index contributed by atoms with van der Waals surface area (Å²) in [6, 6.07) is 8.79. The molecule has 4 aliphatic rings. The first-order valence-electron chi connectivity index (χ1n) is 10.3. The van der Waals surface area contributed by atoms with Crippen LogP contribution in [0, 0.1) is 5.92 Å². The summed E-state index contributed by atoms with van der Waals surface area (Å²) in [6.07, 6.45) is 1.08. The van der Waals surface area contributed by atoms with Crippen LogP contribution in [0.15, 0.2) is 48.8 Å². The summed E-state index contributed by atoms with van der Waals surface area (Å²) in [5.41, 5.74) is 0.0514. The van der Waals surface area contributed by atoms with Gasteiger partial charge in [0.1, 0.15) is 0 Å². The molecular weight excluding hydrogens is 393 g/mol. The molecule has 6 rings (SSSR count). The van der Waals surface area contributed by atoms with E-state index >= 15 is 0 Å². The Bertz CT molecular complexity index is 927. The molecule has 158 valence electrons. The lowest BCUT2D eigenvalue weighted by Gasteiger charge is -2.51. The highest BCUT2D eigenvalue weighted by Crippen LogP contribution is 2.46. The summed E-state index contributed by atoms with van der Waals surface area (Å²) >= 11 is 0. The maximum atomic E-state index is 13.4. The van der Waals surface area contributed by atoms with Gasteiger partial charge >= 0.3 is 12.2 Å². The van der Waals surface area contributed by atoms with Gasteiger partial charge in [0.15, 0.2) is 0 Å². The van der Waals surface area contributed by atoms with E-state index in [0.29, 0.717) is 12.5 Å². The number of fused-ring (bicyclic) bond motifs is 2. The number of carbonyl (C=O) groups excluding carboxylic acids is 1. The minimum Gasteiger partial charge on any atom is -0.319 e. The average molecular weight is 416 g/mol. The molecule has 1 N–H and O–H groups in total. The number of anilines is 1. The summed E-state index contributed by atoms with van der Waals surface area (Å²) in [6.45, 7) is 2.50. The smallest absolute Gasteiger partial charge is 0.319 e. The minimum absolute atomic E-state index is 0.00996. The molecular formula is C22H23F3N4O. The molecule has 1 aromatic heterocycles. The number of piperidine rings is 3. The van der Waals surface area contributed by atoms with Gasteiger partial charge in [-0.05, 0) is 55.6 Å². The van der Waals surface area contributed by atoms with Gasteiger partial charge < -0.3 is 10.2 Å². The van der Waals surface area contributed by atoms with Gasteiger partial charge in [0.05, 0.1) is 17.3 Å². The lowest BCUT2D eigenvalue weighted by atomic mass is 9.75. The van der Waals surface area contributed by atoms with Crippen molar-refractivity contribution in [2.75, 3.05) is 25.0 Å². The number of aromatic nitrogens is 1. The van der Waals surface area contributed by atoms with Crippen molar-refractivity contribution in [3.8, 4) is 0 Å². The predicted molar refractivity (Wildman–Crippen MR) is 106 cm³/mol. The lowest BCUT2D eigenvalue weighted by molar-refractivity contribution is -0.136. The van der Waals surface area contributed by atoms with Crippen LogP contribution < -0.4 is 5.32 Å². The maximum Gasteiger partial charge on any atom is 0.418 e. The summed E-state index contributed by atoms with van der Waals surface area (Å²) < 4.78 is 40.1. The van der Waals surface area contributed by atoms with Crippen molar-refractivity contribution < 1.29 is 18.0 Å². The van der Waals surface area contributed by atoms with Crippen LogP contribution in [0.1, 0.15) is 29.9 Å². The Labute approximate surface area is 172 Å². The number of hydrogen-bond acceptors (Lipinski definition) is 3. The summed E-state index contributed by atoms with van der Waals surface area (Å²) in [7, 11) is 0. The van der Waals surface area contributed by atoms with Gasteiger partial charge in [0, 0.05) is 30.9 Å². The van der Waals surface area contributed by atoms with Crippen molar-refractivity contribution in [1.29, 1.82) is 0 Å². The van der Waals surface area contributed by atoms with Gasteiger partial charge in [-0.1, -0.05) is 18.2 Å². The van der Waals surface area contributed by atoms with Crippen LogP contribution in [0.3, 0.4) is 0 Å². The molecule has 8 heteroatoms. The lowest BCUT2D eigenvalue weighted by Crippen LogP contribution is -2.61. The third kappa shape index (κ3) is 3.23. The van der Waals surface area contributed by atoms with E-state index in [9.17, 15) is 18.0 Å². The van der Waals surface area contributed by atoms with Crippen molar-refractivity contribution in [2.45, 2.75) is 37.0 Å². The van der Waals surface area contributed by atoms with Crippen LogP contribution in [0.2, 0.25) is 0 Å². The zero-order valence-electron chi connectivity index (χ0n) is 16.3. The molecule has 3 atom stereocenters. The second-order valence-electron chi connectivity index (χ2n) is 8.37. The van der Waals surface area contributed by atoms with E-state index in [4.69, 9.17) is 0 Å². The second-order valence-corrected chi connectivity index (χ2v) is 8.37. The highest BCUT2D eigenvalue weighted by molar-refractivity contribution is 5.91. The highest BCUT2D eigenvalue weighted by atomic mass is 19.4. The van der Waals surface area contributed by atoms with Gasteiger partial charge in [-0.15, -0.1) is 0 Å². The topological polar surface area (TPSA) is 48.5 Å². The Hall–Kier alpha value is -2.61. The SMILES string of the molecule is O=C(Nc1ccccc1C(F)(F)F)N1CC(c2cccnc2)C2C1C1CCN2CC1. The Morgan fingerprint density at radius 2 is 1.83 bits per heavy atom. The monoisotopic (exact) mass is 416 g/mol. The third-order valence-corrected chi connectivity index (χ3v) is 6.84. The Kier molecular flexibility index (Phi) is 4.69. The molecule has 3 unspecified atom stereocenters. The molecule has 0 radical (unpaired) electrons. The van der Waals surface area contributed by atoms with Crippen molar-refractivity contribution >= 4 is 11.7 Å². The number of hydrogen-bond donors (Lipinski definition) is 1. The number of benzene rings is 1. The fraction of sp³-hybridized carbons (Fsp3) is 0.455. The molecule has 5 heterocycles. The number of urea groups is 1. The van der Waals surface area contributed by atoms with E-state index in [1.807, 2.05) is 18.3 Å². The molecule has 4 fully saturated rings. The first kappa shape index (κ1) is 19.4. The number of nitrogens with one attached hydrogen (secondary N) is 1. The van der Waals surface area contributed by atoms with Gasteiger partial charge in [0.25, 0.3) is 0 Å². The number of amides is 2. The van der Waals surface area contributed by atoms with Gasteiger partial charge in [0.2, 0.25) is 0 Å². The number of halogens is 3. The molecule has 0 aliphatic carbocycles. The largest absolute Gasteiger partial charge is 0.418 e. The summed E-state index contributed by atoms with van der Waals surface area (Å²) in [4.78, 5) is 21.7. The zero-order valence-corrected chi connectivity index (χ0v) is 16.3. The fourth-order valence-electron chi connectivity index (χ4n) is 5.57. The first-order chi connectivity index (χ1) is 14.4. The van der Waals surface area contributed by atoms with Gasteiger partial charge in [-0.2, -0.15) is 13.2 Å². The van der Waals surface area contributed by atoms with Crippen LogP contribution in [-0.4, -0.2) is 52.5 Å². The van der Waals surface area contributed by atoms with Crippen LogP contribution in [-0.2, 0) is 6.18 Å². The number of alkyl halides is 3. The molecule has 4 saturated heterocycles. The second kappa shape index (κ2) is 7.27.